The smallest absolute Gasteiger partial charge is 0.338 e. The number of hydrogen-bond acceptors (Lipinski definition) is 7. The molecule has 9 heteroatoms. The molecule has 0 spiro atoms. The van der Waals surface area contributed by atoms with E-state index in [1.807, 2.05) is 50.2 Å². The summed E-state index contributed by atoms with van der Waals surface area (Å²) < 4.78 is 10.7. The molecule has 0 aromatic heterocycles. The van der Waals surface area contributed by atoms with Crippen LogP contribution in [0.5, 0.6) is 5.75 Å². The van der Waals surface area contributed by atoms with Crippen molar-refractivity contribution in [2.24, 2.45) is 0 Å². The van der Waals surface area contributed by atoms with E-state index in [1.54, 1.807) is 30.3 Å². The Morgan fingerprint density at radius 3 is 2.18 bits per heavy atom. The number of hydrogen-bond donors (Lipinski definition) is 1. The van der Waals surface area contributed by atoms with Gasteiger partial charge in [0, 0.05) is 5.69 Å². The van der Waals surface area contributed by atoms with Gasteiger partial charge in [-0.05, 0) is 73.6 Å². The minimum atomic E-state index is -0.649. The first kappa shape index (κ1) is 26.7. The third kappa shape index (κ3) is 7.10. The lowest BCUT2D eigenvalue weighted by Crippen LogP contribution is -2.32. The number of esters is 1. The van der Waals surface area contributed by atoms with Gasteiger partial charge in [-0.15, -0.1) is 0 Å². The van der Waals surface area contributed by atoms with Crippen LogP contribution in [0.4, 0.5) is 10.5 Å². The van der Waals surface area contributed by atoms with Crippen LogP contribution in [0.15, 0.2) is 77.7 Å². The zero-order valence-electron chi connectivity index (χ0n) is 20.9. The van der Waals surface area contributed by atoms with Gasteiger partial charge in [-0.25, -0.2) is 4.79 Å². The number of thioether (sulfide) groups is 1. The van der Waals surface area contributed by atoms with E-state index in [0.717, 1.165) is 27.8 Å². The number of amides is 3. The molecule has 1 aliphatic heterocycles. The van der Waals surface area contributed by atoms with Crippen LogP contribution in [0.3, 0.4) is 0 Å². The Balaban J connectivity index is 1.27. The molecule has 0 atom stereocenters. The summed E-state index contributed by atoms with van der Waals surface area (Å²) in [5.74, 6) is -0.817. The second-order valence-electron chi connectivity index (χ2n) is 8.61. The molecule has 3 aromatic rings. The van der Waals surface area contributed by atoms with Crippen molar-refractivity contribution < 1.29 is 28.7 Å². The zero-order valence-corrected chi connectivity index (χ0v) is 21.7. The molecular weight excluding hydrogens is 504 g/mol. The third-order valence-corrected chi connectivity index (χ3v) is 6.50. The summed E-state index contributed by atoms with van der Waals surface area (Å²) in [6, 6.07) is 21.1. The number of nitrogens with zero attached hydrogens (tertiary/aromatic N) is 1. The summed E-state index contributed by atoms with van der Waals surface area (Å²) in [4.78, 5) is 50.9. The topological polar surface area (TPSA) is 102 Å². The normalized spacial score (nSPS) is 14.1. The Morgan fingerprint density at radius 2 is 1.53 bits per heavy atom. The summed E-state index contributed by atoms with van der Waals surface area (Å²) in [5.41, 5.74) is 3.69. The van der Waals surface area contributed by atoms with E-state index in [0.29, 0.717) is 17.0 Å². The van der Waals surface area contributed by atoms with Gasteiger partial charge in [-0.2, -0.15) is 0 Å². The van der Waals surface area contributed by atoms with Gasteiger partial charge in [0.25, 0.3) is 17.1 Å². The van der Waals surface area contributed by atoms with Gasteiger partial charge in [0.1, 0.15) is 12.4 Å². The Hall–Kier alpha value is -4.37. The van der Waals surface area contributed by atoms with Crippen LogP contribution in [0.2, 0.25) is 0 Å². The molecule has 0 radical (unpaired) electrons. The molecule has 3 aromatic carbocycles. The lowest BCUT2D eigenvalue weighted by molar-refractivity contribution is -0.123. The molecule has 1 saturated heterocycles. The Morgan fingerprint density at radius 1 is 0.895 bits per heavy atom. The van der Waals surface area contributed by atoms with Crippen molar-refractivity contribution in [3.63, 3.8) is 0 Å². The largest absolute Gasteiger partial charge is 0.492 e. The maximum absolute atomic E-state index is 12.7. The summed E-state index contributed by atoms with van der Waals surface area (Å²) in [6.07, 6.45) is 1.59. The number of carbonyl (C=O) groups is 4. The van der Waals surface area contributed by atoms with Crippen LogP contribution in [0, 0.1) is 13.8 Å². The fourth-order valence-electron chi connectivity index (χ4n) is 3.50. The molecule has 1 N–H and O–H groups in total. The summed E-state index contributed by atoms with van der Waals surface area (Å²) in [6.45, 7) is 3.82. The quantitative estimate of drug-likeness (QED) is 0.299. The van der Waals surface area contributed by atoms with Crippen molar-refractivity contribution >= 4 is 46.5 Å². The van der Waals surface area contributed by atoms with Gasteiger partial charge in [0.2, 0.25) is 0 Å². The van der Waals surface area contributed by atoms with Crippen LogP contribution in [-0.2, 0) is 14.3 Å². The number of nitrogens with one attached hydrogen (secondary N) is 1. The summed E-state index contributed by atoms with van der Waals surface area (Å²) in [5, 5.41) is 2.30. The van der Waals surface area contributed by atoms with Crippen molar-refractivity contribution in [2.75, 3.05) is 25.1 Å². The van der Waals surface area contributed by atoms with Crippen LogP contribution >= 0.6 is 11.8 Å². The maximum Gasteiger partial charge on any atom is 0.338 e. The highest BCUT2D eigenvalue weighted by atomic mass is 32.2. The lowest BCUT2D eigenvalue weighted by Gasteiger charge is -2.13. The predicted octanol–water partition coefficient (Wildman–Crippen LogP) is 5.21. The van der Waals surface area contributed by atoms with Gasteiger partial charge in [-0.1, -0.05) is 47.5 Å². The highest BCUT2D eigenvalue weighted by Crippen LogP contribution is 2.32. The zero-order chi connectivity index (χ0) is 27.1. The molecule has 1 aliphatic rings. The van der Waals surface area contributed by atoms with E-state index in [-0.39, 0.29) is 28.9 Å². The van der Waals surface area contributed by atoms with Gasteiger partial charge in [0.15, 0.2) is 6.61 Å². The van der Waals surface area contributed by atoms with Crippen molar-refractivity contribution in [3.05, 3.63) is 100.0 Å². The first-order chi connectivity index (χ1) is 18.3. The van der Waals surface area contributed by atoms with Gasteiger partial charge in [0.05, 0.1) is 17.0 Å². The van der Waals surface area contributed by atoms with Gasteiger partial charge < -0.3 is 14.8 Å². The van der Waals surface area contributed by atoms with E-state index in [1.165, 1.54) is 12.1 Å². The van der Waals surface area contributed by atoms with E-state index in [2.05, 4.69) is 5.32 Å². The maximum atomic E-state index is 12.7. The van der Waals surface area contributed by atoms with Gasteiger partial charge in [-0.3, -0.25) is 19.3 Å². The highest BCUT2D eigenvalue weighted by molar-refractivity contribution is 8.18. The number of benzene rings is 3. The molecule has 1 heterocycles. The predicted molar refractivity (Wildman–Crippen MR) is 146 cm³/mol. The van der Waals surface area contributed by atoms with Crippen LogP contribution in [-0.4, -0.2) is 47.7 Å². The number of imide groups is 1. The highest BCUT2D eigenvalue weighted by Gasteiger charge is 2.34. The Labute approximate surface area is 224 Å². The molecule has 3 amide bonds. The number of rotatable bonds is 9. The minimum Gasteiger partial charge on any atom is -0.492 e. The van der Waals surface area contributed by atoms with E-state index >= 15 is 0 Å². The SMILES string of the molecule is Cc1ccc(NC(=O)COC(=O)c2ccc(/C=C3\SC(=O)N(CCOc4ccc(C)cc4)C3=O)cc2)cc1. The second-order valence-corrected chi connectivity index (χ2v) is 9.60. The third-order valence-electron chi connectivity index (χ3n) is 5.59. The lowest BCUT2D eigenvalue weighted by atomic mass is 10.1. The number of carbonyl (C=O) groups excluding carboxylic acids is 4. The number of aryl methyl sites for hydroxylation is 2. The van der Waals surface area contributed by atoms with E-state index in [9.17, 15) is 19.2 Å². The fraction of sp³-hybridized carbons (Fsp3) is 0.172. The first-order valence-corrected chi connectivity index (χ1v) is 12.7. The van der Waals surface area contributed by atoms with E-state index in [4.69, 9.17) is 9.47 Å². The molecular formula is C29H26N2O6S. The molecule has 0 aliphatic carbocycles. The summed E-state index contributed by atoms with van der Waals surface area (Å²) >= 11 is 0.855. The summed E-state index contributed by atoms with van der Waals surface area (Å²) in [7, 11) is 0. The van der Waals surface area contributed by atoms with Crippen molar-refractivity contribution in [2.45, 2.75) is 13.8 Å². The van der Waals surface area contributed by atoms with Crippen LogP contribution in [0.1, 0.15) is 27.0 Å². The Kier molecular flexibility index (Phi) is 8.60. The Bertz CT molecular complexity index is 1370. The van der Waals surface area contributed by atoms with Gasteiger partial charge >= 0.3 is 5.97 Å². The second kappa shape index (κ2) is 12.2. The molecule has 0 bridgehead atoms. The molecule has 0 saturated carbocycles. The molecule has 38 heavy (non-hydrogen) atoms. The first-order valence-electron chi connectivity index (χ1n) is 11.9. The van der Waals surface area contributed by atoms with Crippen molar-refractivity contribution in [1.29, 1.82) is 0 Å². The monoisotopic (exact) mass is 530 g/mol. The number of anilines is 1. The van der Waals surface area contributed by atoms with Crippen LogP contribution < -0.4 is 10.1 Å². The standard InChI is InChI=1S/C29H26N2O6S/c1-19-3-11-23(12-4-19)30-26(32)18-37-28(34)22-9-7-21(8-10-22)17-25-27(33)31(29(35)38-25)15-16-36-24-13-5-20(2)6-14-24/h3-14,17H,15-16,18H2,1-2H3,(H,30,32)/b25-17-. The minimum absolute atomic E-state index is 0.137. The van der Waals surface area contributed by atoms with Crippen LogP contribution in [0.25, 0.3) is 6.08 Å². The van der Waals surface area contributed by atoms with E-state index < -0.39 is 24.4 Å². The molecule has 8 nitrogen and oxygen atoms in total. The average Bonchev–Trinajstić information content (AvgIpc) is 3.17. The van der Waals surface area contributed by atoms with Crippen molar-refractivity contribution in [3.8, 4) is 5.75 Å². The molecule has 0 unspecified atom stereocenters. The molecule has 194 valence electrons. The fourth-order valence-corrected chi connectivity index (χ4v) is 4.36. The van der Waals surface area contributed by atoms with Crippen molar-refractivity contribution in [1.82, 2.24) is 4.90 Å². The average molecular weight is 531 g/mol. The molecule has 1 fully saturated rings. The number of ether oxygens (including phenoxy) is 2. The molecule has 4 rings (SSSR count).